The van der Waals surface area contributed by atoms with Crippen molar-refractivity contribution in [1.29, 1.82) is 0 Å². The number of aromatic nitrogens is 2. The molecule has 0 amide bonds. The molecule has 1 aliphatic rings. The lowest BCUT2D eigenvalue weighted by atomic mass is 10.0. The highest BCUT2D eigenvalue weighted by Crippen LogP contribution is 2.25. The Morgan fingerprint density at radius 2 is 2.32 bits per heavy atom. The summed E-state index contributed by atoms with van der Waals surface area (Å²) in [5, 5.41) is 7.65. The van der Waals surface area contributed by atoms with E-state index in [2.05, 4.69) is 33.3 Å². The van der Waals surface area contributed by atoms with Crippen LogP contribution in [0.25, 0.3) is 0 Å². The van der Waals surface area contributed by atoms with E-state index >= 15 is 0 Å². The van der Waals surface area contributed by atoms with Crippen molar-refractivity contribution in [3.8, 4) is 0 Å². The van der Waals surface area contributed by atoms with Gasteiger partial charge in [0.15, 0.2) is 0 Å². The number of piperazine rings is 1. The first-order chi connectivity index (χ1) is 10.3. The maximum absolute atomic E-state index is 5.36. The lowest BCUT2D eigenvalue weighted by Gasteiger charge is -2.36. The van der Waals surface area contributed by atoms with E-state index < -0.39 is 0 Å². The van der Waals surface area contributed by atoms with E-state index in [0.29, 0.717) is 6.04 Å². The van der Waals surface area contributed by atoms with Crippen LogP contribution in [-0.4, -0.2) is 34.7 Å². The summed E-state index contributed by atoms with van der Waals surface area (Å²) in [4.78, 5) is 6.75. The summed E-state index contributed by atoms with van der Waals surface area (Å²) in [6.07, 6.45) is 4.70. The number of hydrogen-bond acceptors (Lipinski definition) is 5. The third kappa shape index (κ3) is 3.48. The van der Waals surface area contributed by atoms with E-state index in [1.54, 1.807) is 0 Å². The molecule has 1 aliphatic heterocycles. The van der Waals surface area contributed by atoms with Crippen molar-refractivity contribution in [2.45, 2.75) is 32.9 Å². The van der Waals surface area contributed by atoms with Crippen molar-refractivity contribution in [2.75, 3.05) is 19.6 Å². The molecule has 1 saturated heterocycles. The van der Waals surface area contributed by atoms with Crippen molar-refractivity contribution in [3.05, 3.63) is 47.1 Å². The minimum Gasteiger partial charge on any atom is -0.361 e. The molecule has 1 unspecified atom stereocenters. The SMILES string of the molecule is CCc1noc(C)c1CN1CCNCC1c1cccnc1.Cl. The van der Waals surface area contributed by atoms with Crippen LogP contribution in [0.15, 0.2) is 29.0 Å². The predicted octanol–water partition coefficient (Wildman–Crippen LogP) is 2.51. The van der Waals surface area contributed by atoms with Gasteiger partial charge in [-0.05, 0) is 25.0 Å². The van der Waals surface area contributed by atoms with Gasteiger partial charge in [0.2, 0.25) is 0 Å². The number of hydrogen-bond donors (Lipinski definition) is 1. The number of nitrogens with one attached hydrogen (secondary N) is 1. The van der Waals surface area contributed by atoms with Crippen LogP contribution in [-0.2, 0) is 13.0 Å². The van der Waals surface area contributed by atoms with Gasteiger partial charge in [0.1, 0.15) is 5.76 Å². The second kappa shape index (κ2) is 7.72. The van der Waals surface area contributed by atoms with Gasteiger partial charge in [0, 0.05) is 50.2 Å². The molecule has 120 valence electrons. The molecule has 0 spiro atoms. The van der Waals surface area contributed by atoms with E-state index in [1.165, 1.54) is 11.1 Å². The standard InChI is InChI=1S/C16H22N4O.ClH/c1-3-15-14(12(2)21-19-15)11-20-8-7-18-10-16(20)13-5-4-6-17-9-13;/h4-6,9,16,18H,3,7-8,10-11H2,1-2H3;1H. The van der Waals surface area contributed by atoms with Crippen LogP contribution in [0.1, 0.15) is 35.5 Å². The Morgan fingerprint density at radius 3 is 3.05 bits per heavy atom. The Balaban J connectivity index is 0.00000176. The van der Waals surface area contributed by atoms with Gasteiger partial charge >= 0.3 is 0 Å². The first kappa shape index (κ1) is 16.9. The van der Waals surface area contributed by atoms with E-state index in [0.717, 1.165) is 44.1 Å². The predicted molar refractivity (Wildman–Crippen MR) is 88.1 cm³/mol. The molecular formula is C16H23ClN4O. The molecule has 2 aromatic rings. The number of pyridine rings is 1. The molecule has 0 saturated carbocycles. The number of halogens is 1. The zero-order valence-corrected chi connectivity index (χ0v) is 13.9. The second-order valence-corrected chi connectivity index (χ2v) is 5.49. The molecule has 5 nitrogen and oxygen atoms in total. The molecule has 1 atom stereocenters. The van der Waals surface area contributed by atoms with Crippen molar-refractivity contribution in [3.63, 3.8) is 0 Å². The average molecular weight is 323 g/mol. The lowest BCUT2D eigenvalue weighted by molar-refractivity contribution is 0.152. The minimum atomic E-state index is 0. The molecule has 0 radical (unpaired) electrons. The average Bonchev–Trinajstić information content (AvgIpc) is 2.89. The van der Waals surface area contributed by atoms with Gasteiger partial charge in [0.25, 0.3) is 0 Å². The van der Waals surface area contributed by atoms with Gasteiger partial charge in [-0.15, -0.1) is 12.4 Å². The molecule has 1 fully saturated rings. The monoisotopic (exact) mass is 322 g/mol. The first-order valence-electron chi connectivity index (χ1n) is 7.58. The summed E-state index contributed by atoms with van der Waals surface area (Å²) in [6, 6.07) is 4.51. The Morgan fingerprint density at radius 1 is 1.45 bits per heavy atom. The Kier molecular flexibility index (Phi) is 5.94. The topological polar surface area (TPSA) is 54.2 Å². The van der Waals surface area contributed by atoms with E-state index in [9.17, 15) is 0 Å². The smallest absolute Gasteiger partial charge is 0.138 e. The molecule has 6 heteroatoms. The van der Waals surface area contributed by atoms with E-state index in [1.807, 2.05) is 25.4 Å². The number of aryl methyl sites for hydroxylation is 2. The van der Waals surface area contributed by atoms with Crippen LogP contribution in [0.3, 0.4) is 0 Å². The summed E-state index contributed by atoms with van der Waals surface area (Å²) < 4.78 is 5.36. The number of rotatable bonds is 4. The summed E-state index contributed by atoms with van der Waals surface area (Å²) in [5.74, 6) is 0.940. The molecule has 0 bridgehead atoms. The minimum absolute atomic E-state index is 0. The summed E-state index contributed by atoms with van der Waals surface area (Å²) in [6.45, 7) is 8.01. The highest BCUT2D eigenvalue weighted by molar-refractivity contribution is 5.85. The quantitative estimate of drug-likeness (QED) is 0.937. The second-order valence-electron chi connectivity index (χ2n) is 5.49. The Hall–Kier alpha value is -1.43. The normalized spacial score (nSPS) is 18.9. The highest BCUT2D eigenvalue weighted by atomic mass is 35.5. The van der Waals surface area contributed by atoms with Crippen LogP contribution in [0.5, 0.6) is 0 Å². The fraction of sp³-hybridized carbons (Fsp3) is 0.500. The third-order valence-electron chi connectivity index (χ3n) is 4.19. The summed E-state index contributed by atoms with van der Waals surface area (Å²) in [7, 11) is 0. The maximum Gasteiger partial charge on any atom is 0.138 e. The third-order valence-corrected chi connectivity index (χ3v) is 4.19. The zero-order valence-electron chi connectivity index (χ0n) is 13.1. The first-order valence-corrected chi connectivity index (χ1v) is 7.58. The molecule has 0 aromatic carbocycles. The fourth-order valence-electron chi connectivity index (χ4n) is 2.96. The van der Waals surface area contributed by atoms with Gasteiger partial charge in [-0.1, -0.05) is 18.1 Å². The van der Waals surface area contributed by atoms with Crippen molar-refractivity contribution in [2.24, 2.45) is 0 Å². The van der Waals surface area contributed by atoms with Crippen LogP contribution in [0.4, 0.5) is 0 Å². The number of nitrogens with zero attached hydrogens (tertiary/aromatic N) is 3. The Bertz CT molecular complexity index is 587. The van der Waals surface area contributed by atoms with E-state index in [4.69, 9.17) is 4.52 Å². The highest BCUT2D eigenvalue weighted by Gasteiger charge is 2.26. The summed E-state index contributed by atoms with van der Waals surface area (Å²) >= 11 is 0. The molecule has 22 heavy (non-hydrogen) atoms. The van der Waals surface area contributed by atoms with Crippen LogP contribution >= 0.6 is 12.4 Å². The molecule has 3 rings (SSSR count). The van der Waals surface area contributed by atoms with Crippen LogP contribution in [0.2, 0.25) is 0 Å². The molecule has 1 N–H and O–H groups in total. The van der Waals surface area contributed by atoms with Crippen molar-refractivity contribution < 1.29 is 4.52 Å². The molecule has 3 heterocycles. The van der Waals surface area contributed by atoms with Crippen molar-refractivity contribution >= 4 is 12.4 Å². The maximum atomic E-state index is 5.36. The zero-order chi connectivity index (χ0) is 14.7. The summed E-state index contributed by atoms with van der Waals surface area (Å²) in [5.41, 5.74) is 3.58. The van der Waals surface area contributed by atoms with Crippen LogP contribution in [0, 0.1) is 6.92 Å². The fourth-order valence-corrected chi connectivity index (χ4v) is 2.96. The van der Waals surface area contributed by atoms with E-state index in [-0.39, 0.29) is 12.4 Å². The van der Waals surface area contributed by atoms with Crippen molar-refractivity contribution in [1.82, 2.24) is 20.4 Å². The van der Waals surface area contributed by atoms with Gasteiger partial charge in [-0.3, -0.25) is 9.88 Å². The van der Waals surface area contributed by atoms with Crippen LogP contribution < -0.4 is 5.32 Å². The van der Waals surface area contributed by atoms with Gasteiger partial charge < -0.3 is 9.84 Å². The van der Waals surface area contributed by atoms with Gasteiger partial charge in [0.05, 0.1) is 5.69 Å². The lowest BCUT2D eigenvalue weighted by Crippen LogP contribution is -2.45. The Labute approximate surface area is 137 Å². The largest absolute Gasteiger partial charge is 0.361 e. The molecular weight excluding hydrogens is 300 g/mol. The molecule has 2 aromatic heterocycles. The van der Waals surface area contributed by atoms with Gasteiger partial charge in [-0.2, -0.15) is 0 Å². The van der Waals surface area contributed by atoms with Gasteiger partial charge in [-0.25, -0.2) is 0 Å². The molecule has 0 aliphatic carbocycles.